The van der Waals surface area contributed by atoms with Crippen LogP contribution in [0.5, 0.6) is 0 Å². The van der Waals surface area contributed by atoms with E-state index in [1.54, 1.807) is 10.8 Å². The predicted octanol–water partition coefficient (Wildman–Crippen LogP) is 3.59. The molecule has 6 nitrogen and oxygen atoms in total. The lowest BCUT2D eigenvalue weighted by atomic mass is 9.89. The molecule has 2 N–H and O–H groups in total. The number of piperidine rings is 1. The Morgan fingerprint density at radius 3 is 2.46 bits per heavy atom. The van der Waals surface area contributed by atoms with Crippen LogP contribution in [-0.2, 0) is 16.1 Å². The van der Waals surface area contributed by atoms with Crippen LogP contribution in [0.25, 0.3) is 10.9 Å². The molecule has 1 aliphatic heterocycles. The summed E-state index contributed by atoms with van der Waals surface area (Å²) in [6, 6.07) is 4.78. The predicted molar refractivity (Wildman–Crippen MR) is 102 cm³/mol. The van der Waals surface area contributed by atoms with Gasteiger partial charge in [0, 0.05) is 34.7 Å². The summed E-state index contributed by atoms with van der Waals surface area (Å²) in [4.78, 5) is 25.4. The minimum Gasteiger partial charge on any atom is -0.480 e. The molecule has 0 amide bonds. The van der Waals surface area contributed by atoms with Crippen molar-refractivity contribution < 1.29 is 19.8 Å². The minimum atomic E-state index is -0.958. The molecule has 1 aliphatic rings. The number of hydrogen-bond donors (Lipinski definition) is 2. The molecule has 1 aromatic heterocycles. The number of carboxylic acid groups (broad SMARTS) is 2. The minimum absolute atomic E-state index is 0.202. The van der Waals surface area contributed by atoms with E-state index in [4.69, 9.17) is 0 Å². The number of benzene rings is 1. The fourth-order valence-electron chi connectivity index (χ4n) is 4.20. The fourth-order valence-corrected chi connectivity index (χ4v) is 4.54. The molecule has 0 saturated carbocycles. The van der Waals surface area contributed by atoms with Crippen LogP contribution in [0.1, 0.15) is 31.9 Å². The first-order valence-corrected chi connectivity index (χ1v) is 9.52. The molecule has 26 heavy (non-hydrogen) atoms. The van der Waals surface area contributed by atoms with E-state index in [9.17, 15) is 19.8 Å². The molecule has 1 fully saturated rings. The van der Waals surface area contributed by atoms with E-state index >= 15 is 0 Å². The standard InChI is InChI=1S/C19H23BrN2O4/c1-11-5-12(2)8-22(7-11)18(19(25)26)15-9-21(10-17(23)24)16-6-13(20)3-4-14(15)16/h3-4,6,9,11-12,18H,5,7-8,10H2,1-2H3,(H,23,24)(H,25,26). The van der Waals surface area contributed by atoms with Gasteiger partial charge in [-0.25, -0.2) is 0 Å². The summed E-state index contributed by atoms with van der Waals surface area (Å²) >= 11 is 3.41. The second-order valence-electron chi connectivity index (χ2n) is 7.41. The Bertz CT molecular complexity index is 837. The largest absolute Gasteiger partial charge is 0.480 e. The number of likely N-dealkylation sites (tertiary alicyclic amines) is 1. The van der Waals surface area contributed by atoms with Crippen molar-refractivity contribution in [3.8, 4) is 0 Å². The average Bonchev–Trinajstić information content (AvgIpc) is 2.83. The summed E-state index contributed by atoms with van der Waals surface area (Å²) in [7, 11) is 0. The lowest BCUT2D eigenvalue weighted by molar-refractivity contribution is -0.144. The average molecular weight is 423 g/mol. The van der Waals surface area contributed by atoms with Crippen LogP contribution in [0.15, 0.2) is 28.9 Å². The van der Waals surface area contributed by atoms with E-state index in [0.29, 0.717) is 17.4 Å². The summed E-state index contributed by atoms with van der Waals surface area (Å²) in [5.74, 6) is -0.992. The normalized spacial score (nSPS) is 22.4. The van der Waals surface area contributed by atoms with Gasteiger partial charge in [-0.1, -0.05) is 35.8 Å². The summed E-state index contributed by atoms with van der Waals surface area (Å²) in [6.45, 7) is 5.54. The molecule has 1 saturated heterocycles. The van der Waals surface area contributed by atoms with Crippen LogP contribution < -0.4 is 0 Å². The van der Waals surface area contributed by atoms with Crippen LogP contribution in [0.4, 0.5) is 0 Å². The van der Waals surface area contributed by atoms with Gasteiger partial charge in [0.2, 0.25) is 0 Å². The van der Waals surface area contributed by atoms with Crippen molar-refractivity contribution in [1.82, 2.24) is 9.47 Å². The molecular formula is C19H23BrN2O4. The third-order valence-electron chi connectivity index (χ3n) is 4.97. The first-order chi connectivity index (χ1) is 12.3. The summed E-state index contributed by atoms with van der Waals surface area (Å²) in [5.41, 5.74) is 1.38. The van der Waals surface area contributed by atoms with Gasteiger partial charge in [-0.05, 0) is 30.4 Å². The Morgan fingerprint density at radius 1 is 1.23 bits per heavy atom. The van der Waals surface area contributed by atoms with Crippen LogP contribution in [0.3, 0.4) is 0 Å². The third kappa shape index (κ3) is 3.78. The van der Waals surface area contributed by atoms with E-state index in [1.165, 1.54) is 0 Å². The Balaban J connectivity index is 2.11. The van der Waals surface area contributed by atoms with Crippen LogP contribution in [0.2, 0.25) is 0 Å². The molecule has 0 radical (unpaired) electrons. The number of rotatable bonds is 5. The highest BCUT2D eigenvalue weighted by Gasteiger charge is 2.34. The van der Waals surface area contributed by atoms with Crippen molar-refractivity contribution in [2.45, 2.75) is 32.9 Å². The summed E-state index contributed by atoms with van der Waals surface area (Å²) < 4.78 is 2.44. The SMILES string of the molecule is CC1CC(C)CN(C(C(=O)O)c2cn(CC(=O)O)c3cc(Br)ccc23)C1. The number of halogens is 1. The molecule has 140 valence electrons. The van der Waals surface area contributed by atoms with Gasteiger partial charge in [-0.3, -0.25) is 14.5 Å². The molecular weight excluding hydrogens is 400 g/mol. The van der Waals surface area contributed by atoms with Crippen molar-refractivity contribution in [3.05, 3.63) is 34.4 Å². The van der Waals surface area contributed by atoms with Gasteiger partial charge in [0.15, 0.2) is 0 Å². The summed E-state index contributed by atoms with van der Waals surface area (Å²) in [6.07, 6.45) is 2.78. The maximum Gasteiger partial charge on any atom is 0.325 e. The fraction of sp³-hybridized carbons (Fsp3) is 0.474. The van der Waals surface area contributed by atoms with Gasteiger partial charge in [0.05, 0.1) is 5.52 Å². The Kier molecular flexibility index (Phi) is 5.39. The van der Waals surface area contributed by atoms with Crippen molar-refractivity contribution in [2.24, 2.45) is 11.8 Å². The molecule has 2 heterocycles. The highest BCUT2D eigenvalue weighted by molar-refractivity contribution is 9.10. The van der Waals surface area contributed by atoms with E-state index in [-0.39, 0.29) is 6.54 Å². The van der Waals surface area contributed by atoms with Crippen molar-refractivity contribution in [1.29, 1.82) is 0 Å². The van der Waals surface area contributed by atoms with Crippen LogP contribution in [0, 0.1) is 11.8 Å². The van der Waals surface area contributed by atoms with E-state index in [1.807, 2.05) is 23.1 Å². The highest BCUT2D eigenvalue weighted by Crippen LogP contribution is 2.35. The number of hydrogen-bond acceptors (Lipinski definition) is 3. The van der Waals surface area contributed by atoms with Crippen molar-refractivity contribution >= 4 is 38.8 Å². The number of carbonyl (C=O) groups is 2. The zero-order valence-electron chi connectivity index (χ0n) is 14.9. The first kappa shape index (κ1) is 18.9. The number of aromatic nitrogens is 1. The molecule has 3 atom stereocenters. The molecule has 0 spiro atoms. The van der Waals surface area contributed by atoms with E-state index < -0.39 is 18.0 Å². The van der Waals surface area contributed by atoms with E-state index in [2.05, 4.69) is 29.8 Å². The zero-order chi connectivity index (χ0) is 19.0. The lowest BCUT2D eigenvalue weighted by Gasteiger charge is -2.38. The smallest absolute Gasteiger partial charge is 0.325 e. The number of carboxylic acids is 2. The molecule has 3 unspecified atom stereocenters. The number of fused-ring (bicyclic) bond motifs is 1. The molecule has 0 bridgehead atoms. The summed E-state index contributed by atoms with van der Waals surface area (Å²) in [5, 5.41) is 20.0. The Hall–Kier alpha value is -1.86. The molecule has 7 heteroatoms. The monoisotopic (exact) mass is 422 g/mol. The third-order valence-corrected chi connectivity index (χ3v) is 5.46. The number of aliphatic carboxylic acids is 2. The van der Waals surface area contributed by atoms with Crippen molar-refractivity contribution in [2.75, 3.05) is 13.1 Å². The molecule has 1 aromatic carbocycles. The Labute approximate surface area is 160 Å². The topological polar surface area (TPSA) is 82.8 Å². The van der Waals surface area contributed by atoms with Gasteiger partial charge in [-0.15, -0.1) is 0 Å². The quantitative estimate of drug-likeness (QED) is 0.768. The second kappa shape index (κ2) is 7.40. The molecule has 2 aromatic rings. The van der Waals surface area contributed by atoms with Crippen molar-refractivity contribution in [3.63, 3.8) is 0 Å². The molecule has 3 rings (SSSR count). The van der Waals surface area contributed by atoms with Crippen LogP contribution >= 0.6 is 15.9 Å². The van der Waals surface area contributed by atoms with Gasteiger partial charge in [0.25, 0.3) is 0 Å². The van der Waals surface area contributed by atoms with E-state index in [0.717, 1.165) is 34.9 Å². The second-order valence-corrected chi connectivity index (χ2v) is 8.32. The molecule has 0 aliphatic carbocycles. The van der Waals surface area contributed by atoms with Gasteiger partial charge < -0.3 is 14.8 Å². The zero-order valence-corrected chi connectivity index (χ0v) is 16.4. The Morgan fingerprint density at radius 2 is 1.88 bits per heavy atom. The van der Waals surface area contributed by atoms with Gasteiger partial charge in [-0.2, -0.15) is 0 Å². The maximum atomic E-state index is 12.2. The highest BCUT2D eigenvalue weighted by atomic mass is 79.9. The number of nitrogens with zero attached hydrogens (tertiary/aromatic N) is 2. The van der Waals surface area contributed by atoms with Gasteiger partial charge in [0.1, 0.15) is 12.6 Å². The first-order valence-electron chi connectivity index (χ1n) is 8.73. The maximum absolute atomic E-state index is 12.2. The van der Waals surface area contributed by atoms with Crippen LogP contribution in [-0.4, -0.2) is 44.7 Å². The van der Waals surface area contributed by atoms with Gasteiger partial charge >= 0.3 is 11.9 Å². The lowest BCUT2D eigenvalue weighted by Crippen LogP contribution is -2.43.